The maximum absolute atomic E-state index is 6.48. The van der Waals surface area contributed by atoms with Gasteiger partial charge in [0.05, 0.1) is 13.2 Å². The van der Waals surface area contributed by atoms with Crippen LogP contribution in [0.1, 0.15) is 51.0 Å². The lowest BCUT2D eigenvalue weighted by Crippen LogP contribution is -2.51. The molecule has 0 fully saturated rings. The van der Waals surface area contributed by atoms with Gasteiger partial charge in [0.25, 0.3) is 18.6 Å². The molecule has 0 saturated carbocycles. The smallest absolute Gasteiger partial charge is 0.315 e. The standard InChI is InChI=1S/C14H38O5Si4.C7H22O2Si3.6CH4/c1-15-12-13-16-11-10-14-23(9,19-22(6,7)8)18-20(2)17-21(3,4)5;1-10(8-11(2,3)4)9-12(5,6)7;;;;;;/h20H,10-14H2,1-9H3;10H,1-7H3;6*1H4. The van der Waals surface area contributed by atoms with Crippen molar-refractivity contribution in [1.29, 1.82) is 0 Å². The van der Waals surface area contributed by atoms with Gasteiger partial charge in [0.1, 0.15) is 0 Å². The zero-order valence-corrected chi connectivity index (χ0v) is 33.4. The van der Waals surface area contributed by atoms with Crippen LogP contribution in [-0.4, -0.2) is 87.3 Å². The van der Waals surface area contributed by atoms with Gasteiger partial charge in [0, 0.05) is 13.7 Å². The molecule has 0 aromatic carbocycles. The second kappa shape index (κ2) is 27.5. The molecule has 0 heterocycles. The zero-order valence-electron chi connectivity index (χ0n) is 26.0. The van der Waals surface area contributed by atoms with E-state index in [0.29, 0.717) is 13.2 Å². The third-order valence-corrected chi connectivity index (χ3v) is 25.1. The second-order valence-electron chi connectivity index (χ2n) is 13.0. The van der Waals surface area contributed by atoms with Crippen LogP contribution in [-0.2, 0) is 30.0 Å². The first-order valence-corrected chi connectivity index (χ1v) is 33.3. The summed E-state index contributed by atoms with van der Waals surface area (Å²) in [7, 11) is -9.42. The summed E-state index contributed by atoms with van der Waals surface area (Å²) >= 11 is 0. The van der Waals surface area contributed by atoms with Gasteiger partial charge in [-0.3, -0.25) is 0 Å². The Kier molecular flexibility index (Phi) is 41.2. The van der Waals surface area contributed by atoms with E-state index in [1.165, 1.54) is 0 Å². The zero-order chi connectivity index (χ0) is 28.1. The van der Waals surface area contributed by atoms with E-state index in [2.05, 4.69) is 98.2 Å². The van der Waals surface area contributed by atoms with Crippen LogP contribution in [0.25, 0.3) is 0 Å². The Balaban J connectivity index is -0.0000000881. The van der Waals surface area contributed by atoms with Crippen molar-refractivity contribution in [2.45, 2.75) is 155 Å². The number of rotatable bonds is 17. The van der Waals surface area contributed by atoms with Gasteiger partial charge in [-0.1, -0.05) is 44.6 Å². The Bertz CT molecular complexity index is 534. The molecule has 0 rings (SSSR count). The first kappa shape index (κ1) is 61.3. The van der Waals surface area contributed by atoms with Gasteiger partial charge in [-0.25, -0.2) is 0 Å². The maximum Gasteiger partial charge on any atom is 0.315 e. The number of hydrogen-bond acceptors (Lipinski definition) is 7. The van der Waals surface area contributed by atoms with Crippen LogP contribution in [0, 0.1) is 0 Å². The third-order valence-electron chi connectivity index (χ3n) is 3.85. The highest BCUT2D eigenvalue weighted by Crippen LogP contribution is 2.23. The molecule has 0 radical (unpaired) electrons. The first-order chi connectivity index (χ1) is 15.5. The molecule has 0 saturated heterocycles. The van der Waals surface area contributed by atoms with Crippen molar-refractivity contribution in [3.05, 3.63) is 0 Å². The van der Waals surface area contributed by atoms with Gasteiger partial charge < -0.3 is 30.0 Å². The van der Waals surface area contributed by atoms with E-state index in [1.54, 1.807) is 7.11 Å². The van der Waals surface area contributed by atoms with Crippen LogP contribution < -0.4 is 0 Å². The Morgan fingerprint density at radius 3 is 1.10 bits per heavy atom. The van der Waals surface area contributed by atoms with Crippen LogP contribution in [0.5, 0.6) is 0 Å². The van der Waals surface area contributed by atoms with E-state index in [4.69, 9.17) is 30.0 Å². The molecule has 0 amide bonds. The van der Waals surface area contributed by atoms with E-state index in [0.717, 1.165) is 19.1 Å². The largest absolute Gasteiger partial charge is 0.439 e. The van der Waals surface area contributed by atoms with E-state index >= 15 is 0 Å². The monoisotopic (exact) mass is 716 g/mol. The van der Waals surface area contributed by atoms with E-state index in [-0.39, 0.29) is 44.6 Å². The fraction of sp³-hybridized carbons (Fsp3) is 1.00. The summed E-state index contributed by atoms with van der Waals surface area (Å²) < 4.78 is 41.5. The fourth-order valence-electron chi connectivity index (χ4n) is 3.41. The summed E-state index contributed by atoms with van der Waals surface area (Å²) in [5, 5.41) is 0. The number of ether oxygens (including phenoxy) is 2. The van der Waals surface area contributed by atoms with Gasteiger partial charge >= 0.3 is 8.56 Å². The van der Waals surface area contributed by atoms with Crippen LogP contribution in [0.2, 0.25) is 104 Å². The van der Waals surface area contributed by atoms with Crippen molar-refractivity contribution in [2.75, 3.05) is 26.9 Å². The molecule has 262 valence electrons. The van der Waals surface area contributed by atoms with Crippen LogP contribution in [0.3, 0.4) is 0 Å². The summed E-state index contributed by atoms with van der Waals surface area (Å²) in [6.45, 7) is 35.1. The highest BCUT2D eigenvalue weighted by molar-refractivity contribution is 6.85. The molecule has 0 aromatic heterocycles. The van der Waals surface area contributed by atoms with Gasteiger partial charge in [-0.15, -0.1) is 0 Å². The predicted molar refractivity (Wildman–Crippen MR) is 209 cm³/mol. The SMILES string of the molecule is C.C.C.C.C.C.COCCOCCC[Si](C)(O[SiH](C)O[Si](C)(C)C)O[Si](C)(C)C.C[SiH](O[Si](C)(C)C)O[Si](C)(C)C. The minimum absolute atomic E-state index is 0. The van der Waals surface area contributed by atoms with Crippen LogP contribution in [0.15, 0.2) is 0 Å². The second-order valence-corrected chi connectivity index (χ2v) is 39.5. The maximum atomic E-state index is 6.48. The van der Waals surface area contributed by atoms with Crippen molar-refractivity contribution in [3.63, 3.8) is 0 Å². The molecule has 41 heavy (non-hydrogen) atoms. The molecular formula is C27H84O7Si7. The normalized spacial score (nSPS) is 13.7. The lowest BCUT2D eigenvalue weighted by molar-refractivity contribution is 0.0703. The van der Waals surface area contributed by atoms with E-state index < -0.39 is 60.4 Å². The van der Waals surface area contributed by atoms with Crippen molar-refractivity contribution < 1.29 is 30.0 Å². The highest BCUT2D eigenvalue weighted by Gasteiger charge is 2.38. The van der Waals surface area contributed by atoms with Gasteiger partial charge in [-0.2, -0.15) is 0 Å². The van der Waals surface area contributed by atoms with Gasteiger partial charge in [-0.05, 0) is 111 Å². The summed E-state index contributed by atoms with van der Waals surface area (Å²) in [5.41, 5.74) is 0. The van der Waals surface area contributed by atoms with Crippen molar-refractivity contribution in [2.24, 2.45) is 0 Å². The van der Waals surface area contributed by atoms with Crippen LogP contribution >= 0.6 is 0 Å². The van der Waals surface area contributed by atoms with E-state index in [1.807, 2.05) is 0 Å². The molecule has 0 aromatic rings. The minimum Gasteiger partial charge on any atom is -0.439 e. The fourth-order valence-corrected chi connectivity index (χ4v) is 26.9. The molecule has 2 unspecified atom stereocenters. The quantitative estimate of drug-likeness (QED) is 0.110. The lowest BCUT2D eigenvalue weighted by Gasteiger charge is -2.37. The van der Waals surface area contributed by atoms with Crippen molar-refractivity contribution >= 4 is 60.4 Å². The molecule has 14 heteroatoms. The predicted octanol–water partition coefficient (Wildman–Crippen LogP) is 10.0. The van der Waals surface area contributed by atoms with Gasteiger partial charge in [0.15, 0.2) is 33.3 Å². The summed E-state index contributed by atoms with van der Waals surface area (Å²) in [5.74, 6) is 0. The molecular weight excluding hydrogens is 633 g/mol. The molecule has 0 aliphatic rings. The number of methoxy groups -OCH3 is 1. The van der Waals surface area contributed by atoms with Crippen LogP contribution in [0.4, 0.5) is 0 Å². The lowest BCUT2D eigenvalue weighted by atomic mass is 10.5. The third kappa shape index (κ3) is 48.3. The van der Waals surface area contributed by atoms with E-state index in [9.17, 15) is 0 Å². The average Bonchev–Trinajstić information content (AvgIpc) is 2.51. The minimum atomic E-state index is -2.21. The van der Waals surface area contributed by atoms with Crippen molar-refractivity contribution in [1.82, 2.24) is 0 Å². The van der Waals surface area contributed by atoms with Gasteiger partial charge in [0.2, 0.25) is 0 Å². The number of hydrogen-bond donors (Lipinski definition) is 0. The molecule has 0 bridgehead atoms. The average molecular weight is 718 g/mol. The Hall–Kier alpha value is 1.24. The summed E-state index contributed by atoms with van der Waals surface area (Å²) in [6, 6.07) is 0.955. The molecule has 0 spiro atoms. The molecule has 2 atom stereocenters. The molecule has 7 nitrogen and oxygen atoms in total. The topological polar surface area (TPSA) is 64.6 Å². The summed E-state index contributed by atoms with van der Waals surface area (Å²) in [6.07, 6.45) is 0.963. The molecule has 0 N–H and O–H groups in total. The van der Waals surface area contributed by atoms with Crippen molar-refractivity contribution in [3.8, 4) is 0 Å². The Morgan fingerprint density at radius 2 is 0.805 bits per heavy atom. The summed E-state index contributed by atoms with van der Waals surface area (Å²) in [4.78, 5) is 0. The Morgan fingerprint density at radius 1 is 0.463 bits per heavy atom. The highest BCUT2D eigenvalue weighted by atomic mass is 28.5. The molecule has 0 aliphatic carbocycles. The first-order valence-electron chi connectivity index (χ1n) is 13.0. The molecule has 0 aliphatic heterocycles. The Labute approximate surface area is 271 Å².